The number of rotatable bonds is 14. The monoisotopic (exact) mass is 514 g/mol. The molecule has 5 nitrogen and oxygen atoms in total. The molecule has 0 aromatic heterocycles. The molecule has 4 aliphatic heterocycles. The van der Waals surface area contributed by atoms with Gasteiger partial charge in [0.15, 0.2) is 0 Å². The Balaban J connectivity index is 1.12. The van der Waals surface area contributed by atoms with Crippen LogP contribution < -0.4 is 0 Å². The maximum absolute atomic E-state index is 10.4. The van der Waals surface area contributed by atoms with Crippen molar-refractivity contribution in [3.8, 4) is 0 Å². The van der Waals surface area contributed by atoms with Crippen LogP contribution in [0.4, 0.5) is 0 Å². The van der Waals surface area contributed by atoms with Gasteiger partial charge in [-0.25, -0.2) is 0 Å². The van der Waals surface area contributed by atoms with Crippen LogP contribution in [0.2, 0.25) is 0 Å². The van der Waals surface area contributed by atoms with Crippen molar-refractivity contribution in [1.82, 2.24) is 0 Å². The predicted octanol–water partition coefficient (Wildman–Crippen LogP) is 6.61. The van der Waals surface area contributed by atoms with E-state index in [1.807, 2.05) is 6.08 Å². The second kappa shape index (κ2) is 14.2. The SMILES string of the molecule is C=CC[C@@H](C)[C@H](O)C[C@H]1C[C@@H]2O[C@@H](/C=C(C)/C=C/C[C@H]3C[C@@H]4O[C@@H](/C=C/CCCCC)C[C@@H]4O3)C[C@@H]2O1. The smallest absolute Gasteiger partial charge is 0.0870 e. The van der Waals surface area contributed by atoms with Gasteiger partial charge >= 0.3 is 0 Å². The summed E-state index contributed by atoms with van der Waals surface area (Å²) in [6, 6.07) is 0. The first-order valence-corrected chi connectivity index (χ1v) is 14.9. The van der Waals surface area contributed by atoms with Gasteiger partial charge in [-0.05, 0) is 44.9 Å². The highest BCUT2D eigenvalue weighted by molar-refractivity contribution is 5.19. The molecular formula is C32H50O5. The number of unbranched alkanes of at least 4 members (excludes halogenated alkanes) is 3. The molecule has 37 heavy (non-hydrogen) atoms. The highest BCUT2D eigenvalue weighted by Gasteiger charge is 2.44. The van der Waals surface area contributed by atoms with E-state index in [4.69, 9.17) is 18.9 Å². The summed E-state index contributed by atoms with van der Waals surface area (Å²) in [4.78, 5) is 0. The van der Waals surface area contributed by atoms with Gasteiger partial charge in [-0.1, -0.05) is 68.7 Å². The number of hydrogen-bond acceptors (Lipinski definition) is 5. The maximum Gasteiger partial charge on any atom is 0.0870 e. The Morgan fingerprint density at radius 1 is 0.919 bits per heavy atom. The molecule has 0 bridgehead atoms. The van der Waals surface area contributed by atoms with Crippen molar-refractivity contribution in [3.63, 3.8) is 0 Å². The molecule has 10 atom stereocenters. The number of fused-ring (bicyclic) bond motifs is 2. The van der Waals surface area contributed by atoms with Gasteiger partial charge in [0, 0.05) is 25.7 Å². The summed E-state index contributed by atoms with van der Waals surface area (Å²) < 4.78 is 25.0. The van der Waals surface area contributed by atoms with E-state index in [-0.39, 0.29) is 60.9 Å². The summed E-state index contributed by atoms with van der Waals surface area (Å²) in [7, 11) is 0. The molecule has 0 aliphatic carbocycles. The predicted molar refractivity (Wildman–Crippen MR) is 149 cm³/mol. The standard InChI is InChI=1S/C32H50O5/c1-5-7-8-9-10-14-24-18-29-30(34-24)19-25(35-29)15-11-13-22(3)16-26-20-31-32(36-26)21-27(37-31)17-28(33)23(4)12-6-2/h6,10-11,13-14,16,23-33H,2,5,7-9,12,15,17-21H2,1,3-4H3/b13-11+,14-10+,22-16+/t23-,24+,25+,26+,27+,28-,29+,30+,31+,32+/m1/s1. The number of hydrogen-bond donors (Lipinski definition) is 1. The Morgan fingerprint density at radius 3 is 2.32 bits per heavy atom. The Kier molecular flexibility index (Phi) is 11.1. The largest absolute Gasteiger partial charge is 0.393 e. The average molecular weight is 515 g/mol. The quantitative estimate of drug-likeness (QED) is 0.161. The Bertz CT molecular complexity index is 775. The Labute approximate surface area is 225 Å². The maximum atomic E-state index is 10.4. The molecule has 0 radical (unpaired) electrons. The fourth-order valence-electron chi connectivity index (χ4n) is 6.29. The van der Waals surface area contributed by atoms with Crippen LogP contribution in [0.5, 0.6) is 0 Å². The van der Waals surface area contributed by atoms with Crippen molar-refractivity contribution in [2.75, 3.05) is 0 Å². The lowest BCUT2D eigenvalue weighted by atomic mass is 9.95. The molecule has 0 unspecified atom stereocenters. The van der Waals surface area contributed by atoms with Crippen LogP contribution in [0.1, 0.15) is 91.4 Å². The minimum Gasteiger partial charge on any atom is -0.393 e. The molecule has 0 saturated carbocycles. The normalized spacial score (nSPS) is 37.5. The van der Waals surface area contributed by atoms with Crippen LogP contribution in [0.15, 0.2) is 48.6 Å². The minimum absolute atomic E-state index is 0.0927. The van der Waals surface area contributed by atoms with Gasteiger partial charge in [-0.3, -0.25) is 0 Å². The van der Waals surface area contributed by atoms with Gasteiger partial charge in [0.1, 0.15) is 0 Å². The number of aliphatic hydroxyl groups excluding tert-OH is 1. The van der Waals surface area contributed by atoms with E-state index in [2.05, 4.69) is 57.7 Å². The molecule has 0 aromatic carbocycles. The van der Waals surface area contributed by atoms with Gasteiger partial charge < -0.3 is 24.1 Å². The zero-order valence-corrected chi connectivity index (χ0v) is 23.3. The fourth-order valence-corrected chi connectivity index (χ4v) is 6.29. The van der Waals surface area contributed by atoms with Crippen molar-refractivity contribution >= 4 is 0 Å². The zero-order valence-electron chi connectivity index (χ0n) is 23.3. The molecule has 0 amide bonds. The van der Waals surface area contributed by atoms with Crippen LogP contribution in [0, 0.1) is 5.92 Å². The Morgan fingerprint density at radius 2 is 1.59 bits per heavy atom. The summed E-state index contributed by atoms with van der Waals surface area (Å²) in [6.45, 7) is 10.2. The lowest BCUT2D eigenvalue weighted by molar-refractivity contribution is -0.000938. The van der Waals surface area contributed by atoms with E-state index < -0.39 is 0 Å². The van der Waals surface area contributed by atoms with E-state index in [9.17, 15) is 5.11 Å². The van der Waals surface area contributed by atoms with Gasteiger partial charge in [0.25, 0.3) is 0 Å². The highest BCUT2D eigenvalue weighted by Crippen LogP contribution is 2.38. The lowest BCUT2D eigenvalue weighted by Crippen LogP contribution is -2.24. The third kappa shape index (κ3) is 8.37. The number of ether oxygens (including phenoxy) is 4. The average Bonchev–Trinajstić information content (AvgIpc) is 3.59. The second-order valence-electron chi connectivity index (χ2n) is 11.7. The molecule has 4 fully saturated rings. The second-order valence-corrected chi connectivity index (χ2v) is 11.7. The van der Waals surface area contributed by atoms with Gasteiger partial charge in [0.2, 0.25) is 0 Å². The van der Waals surface area contributed by atoms with Crippen molar-refractivity contribution in [3.05, 3.63) is 48.6 Å². The molecule has 4 heterocycles. The number of aliphatic hydroxyl groups is 1. The molecule has 5 heteroatoms. The third-order valence-electron chi connectivity index (χ3n) is 8.44. The molecule has 0 spiro atoms. The van der Waals surface area contributed by atoms with Crippen LogP contribution in [0.25, 0.3) is 0 Å². The molecular weight excluding hydrogens is 464 g/mol. The first kappa shape index (κ1) is 28.8. The summed E-state index contributed by atoms with van der Waals surface area (Å²) >= 11 is 0. The van der Waals surface area contributed by atoms with Crippen molar-refractivity contribution < 1.29 is 24.1 Å². The van der Waals surface area contributed by atoms with Crippen LogP contribution in [0.3, 0.4) is 0 Å². The van der Waals surface area contributed by atoms with E-state index in [1.165, 1.54) is 24.8 Å². The fraction of sp³-hybridized carbons (Fsp3) is 0.750. The van der Waals surface area contributed by atoms with Gasteiger partial charge in [-0.15, -0.1) is 6.58 Å². The van der Waals surface area contributed by atoms with Gasteiger partial charge in [0.05, 0.1) is 54.9 Å². The Hall–Kier alpha value is -1.24. The molecule has 0 aromatic rings. The minimum atomic E-state index is -0.349. The van der Waals surface area contributed by atoms with Crippen molar-refractivity contribution in [1.29, 1.82) is 0 Å². The molecule has 4 saturated heterocycles. The summed E-state index contributed by atoms with van der Waals surface area (Å²) in [5.74, 6) is 0.216. The third-order valence-corrected chi connectivity index (χ3v) is 8.44. The van der Waals surface area contributed by atoms with E-state index in [0.717, 1.165) is 44.9 Å². The van der Waals surface area contributed by atoms with Crippen LogP contribution >= 0.6 is 0 Å². The first-order valence-electron chi connectivity index (χ1n) is 14.9. The molecule has 4 rings (SSSR count). The summed E-state index contributed by atoms with van der Waals surface area (Å²) in [6.07, 6.45) is 25.4. The summed E-state index contributed by atoms with van der Waals surface area (Å²) in [5, 5.41) is 10.4. The molecule has 208 valence electrons. The van der Waals surface area contributed by atoms with E-state index in [1.54, 1.807) is 0 Å². The first-order chi connectivity index (χ1) is 17.9. The molecule has 1 N–H and O–H groups in total. The lowest BCUT2D eigenvalue weighted by Gasteiger charge is -2.21. The van der Waals surface area contributed by atoms with Crippen molar-refractivity contribution in [2.45, 2.75) is 146 Å². The zero-order chi connectivity index (χ0) is 26.2. The highest BCUT2D eigenvalue weighted by atomic mass is 16.6. The molecule has 4 aliphatic rings. The van der Waals surface area contributed by atoms with E-state index >= 15 is 0 Å². The van der Waals surface area contributed by atoms with Crippen LogP contribution in [-0.2, 0) is 18.9 Å². The topological polar surface area (TPSA) is 57.2 Å². The van der Waals surface area contributed by atoms with Crippen molar-refractivity contribution in [2.24, 2.45) is 5.92 Å². The van der Waals surface area contributed by atoms with E-state index in [0.29, 0.717) is 6.42 Å². The number of allylic oxidation sites excluding steroid dienone is 4. The van der Waals surface area contributed by atoms with Crippen LogP contribution in [-0.4, -0.2) is 60.0 Å². The van der Waals surface area contributed by atoms with Gasteiger partial charge in [-0.2, -0.15) is 0 Å². The summed E-state index contributed by atoms with van der Waals surface area (Å²) in [5.41, 5.74) is 1.22.